The topological polar surface area (TPSA) is 23.6 Å². The van der Waals surface area contributed by atoms with Gasteiger partial charge in [-0.1, -0.05) is 24.6 Å². The Hall–Kier alpha value is -1.06. The summed E-state index contributed by atoms with van der Waals surface area (Å²) in [6.45, 7) is 3.32. The Morgan fingerprint density at radius 2 is 1.72 bits per heavy atom. The highest BCUT2D eigenvalue weighted by molar-refractivity contribution is 5.85. The summed E-state index contributed by atoms with van der Waals surface area (Å²) < 4.78 is 0. The number of carbonyl (C=O) groups is 1. The molecule has 0 bridgehead atoms. The van der Waals surface area contributed by atoms with E-state index in [0.29, 0.717) is 5.91 Å². The second-order valence-corrected chi connectivity index (χ2v) is 7.99. The highest BCUT2D eigenvalue weighted by Gasteiger charge is 2.38. The fraction of sp³-hybridized carbons (Fsp3) is 0.667. The number of likely N-dealkylation sites (tertiary alicyclic amines) is 2. The zero-order valence-corrected chi connectivity index (χ0v) is 16.2. The highest BCUT2D eigenvalue weighted by Crippen LogP contribution is 2.37. The monoisotopic (exact) mass is 362 g/mol. The van der Waals surface area contributed by atoms with E-state index in [0.717, 1.165) is 13.0 Å². The van der Waals surface area contributed by atoms with Gasteiger partial charge in [0.1, 0.15) is 0 Å². The maximum atomic E-state index is 12.8. The van der Waals surface area contributed by atoms with Crippen LogP contribution in [0.4, 0.5) is 0 Å². The smallest absolute Gasteiger partial charge is 0.227 e. The van der Waals surface area contributed by atoms with E-state index in [4.69, 9.17) is 0 Å². The predicted octanol–water partition coefficient (Wildman–Crippen LogP) is 3.99. The molecule has 0 unspecified atom stereocenters. The molecule has 3 nitrogen and oxygen atoms in total. The van der Waals surface area contributed by atoms with Crippen molar-refractivity contribution >= 4 is 18.3 Å². The molecule has 2 fully saturated rings. The van der Waals surface area contributed by atoms with Crippen LogP contribution in [0.25, 0.3) is 0 Å². The van der Waals surface area contributed by atoms with Crippen molar-refractivity contribution in [3.8, 4) is 0 Å². The van der Waals surface area contributed by atoms with Crippen LogP contribution in [0.5, 0.6) is 0 Å². The molecule has 2 saturated heterocycles. The van der Waals surface area contributed by atoms with Gasteiger partial charge in [-0.3, -0.25) is 4.79 Å². The van der Waals surface area contributed by atoms with E-state index in [1.807, 2.05) is 11.9 Å². The standard InChI is InChI=1S/C21H30N2O.ClH/c1-22-20(18-10-9-16-7-3-4-8-17(16)13-18)14-19(21(22)24)15-23-11-5-2-6-12-23;/h9-10,13,19-20H,2-8,11-12,14-15H2,1H3;1H/t19-,20+;/m0./s1. The normalized spacial score (nSPS) is 27.1. The van der Waals surface area contributed by atoms with E-state index < -0.39 is 0 Å². The Morgan fingerprint density at radius 1 is 1.00 bits per heavy atom. The molecule has 4 rings (SSSR count). The Morgan fingerprint density at radius 3 is 2.48 bits per heavy atom. The van der Waals surface area contributed by atoms with E-state index in [1.54, 1.807) is 0 Å². The summed E-state index contributed by atoms with van der Waals surface area (Å²) in [5.74, 6) is 0.539. The molecule has 1 aromatic carbocycles. The summed E-state index contributed by atoms with van der Waals surface area (Å²) in [7, 11) is 2.00. The van der Waals surface area contributed by atoms with Crippen molar-refractivity contribution in [3.63, 3.8) is 0 Å². The minimum Gasteiger partial charge on any atom is -0.338 e. The van der Waals surface area contributed by atoms with Gasteiger partial charge in [-0.2, -0.15) is 0 Å². The lowest BCUT2D eigenvalue weighted by Gasteiger charge is -2.28. The van der Waals surface area contributed by atoms with Gasteiger partial charge in [0.2, 0.25) is 5.91 Å². The van der Waals surface area contributed by atoms with Crippen molar-refractivity contribution in [3.05, 3.63) is 34.9 Å². The summed E-state index contributed by atoms with van der Waals surface area (Å²) in [6, 6.07) is 7.27. The van der Waals surface area contributed by atoms with Crippen LogP contribution in [0.1, 0.15) is 61.3 Å². The van der Waals surface area contributed by atoms with Crippen LogP contribution in [0.2, 0.25) is 0 Å². The number of hydrogen-bond acceptors (Lipinski definition) is 2. The number of benzene rings is 1. The van der Waals surface area contributed by atoms with E-state index in [1.165, 1.54) is 74.7 Å². The molecule has 138 valence electrons. The van der Waals surface area contributed by atoms with Gasteiger partial charge in [-0.05, 0) is 74.7 Å². The highest BCUT2D eigenvalue weighted by atomic mass is 35.5. The van der Waals surface area contributed by atoms with Crippen molar-refractivity contribution in [2.75, 3.05) is 26.7 Å². The molecule has 3 aliphatic rings. The van der Waals surface area contributed by atoms with Crippen molar-refractivity contribution in [1.29, 1.82) is 0 Å². The molecule has 0 saturated carbocycles. The minimum atomic E-state index is 0. The van der Waals surface area contributed by atoms with Gasteiger partial charge >= 0.3 is 0 Å². The number of nitrogens with zero attached hydrogens (tertiary/aromatic N) is 2. The summed E-state index contributed by atoms with van der Waals surface area (Å²) in [5.41, 5.74) is 4.41. The van der Waals surface area contributed by atoms with Crippen molar-refractivity contribution in [2.45, 2.75) is 57.4 Å². The second kappa shape index (κ2) is 8.09. The van der Waals surface area contributed by atoms with Crippen LogP contribution in [0.15, 0.2) is 18.2 Å². The van der Waals surface area contributed by atoms with Crippen molar-refractivity contribution in [1.82, 2.24) is 9.80 Å². The molecule has 1 amide bonds. The lowest BCUT2D eigenvalue weighted by atomic mass is 9.88. The van der Waals surface area contributed by atoms with E-state index >= 15 is 0 Å². The van der Waals surface area contributed by atoms with E-state index in [-0.39, 0.29) is 24.4 Å². The molecule has 4 heteroatoms. The van der Waals surface area contributed by atoms with Gasteiger partial charge in [0.25, 0.3) is 0 Å². The molecule has 0 N–H and O–H groups in total. The SMILES string of the molecule is CN1C(=O)[C@H](CN2CCCCC2)C[C@@H]1c1ccc2c(c1)CCCC2.Cl. The van der Waals surface area contributed by atoms with Crippen LogP contribution < -0.4 is 0 Å². The Bertz CT molecular complexity index is 612. The number of rotatable bonds is 3. The third-order valence-electron chi connectivity index (χ3n) is 6.36. The molecule has 1 aromatic rings. The van der Waals surface area contributed by atoms with Gasteiger partial charge in [0, 0.05) is 13.6 Å². The summed E-state index contributed by atoms with van der Waals surface area (Å²) >= 11 is 0. The Balaban J connectivity index is 0.00000182. The molecule has 2 aliphatic heterocycles. The van der Waals surface area contributed by atoms with Crippen molar-refractivity contribution in [2.24, 2.45) is 5.92 Å². The molecule has 0 spiro atoms. The van der Waals surface area contributed by atoms with E-state index in [2.05, 4.69) is 23.1 Å². The minimum absolute atomic E-state index is 0. The zero-order chi connectivity index (χ0) is 16.5. The van der Waals surface area contributed by atoms with Crippen LogP contribution in [0.3, 0.4) is 0 Å². The summed E-state index contributed by atoms with van der Waals surface area (Å²) in [4.78, 5) is 17.3. The van der Waals surface area contributed by atoms with Crippen LogP contribution >= 0.6 is 12.4 Å². The van der Waals surface area contributed by atoms with Crippen LogP contribution in [-0.4, -0.2) is 42.4 Å². The summed E-state index contributed by atoms with van der Waals surface area (Å²) in [5, 5.41) is 0. The third kappa shape index (κ3) is 3.88. The Labute approximate surface area is 158 Å². The number of hydrogen-bond donors (Lipinski definition) is 0. The predicted molar refractivity (Wildman–Crippen MR) is 104 cm³/mol. The van der Waals surface area contributed by atoms with Gasteiger partial charge in [-0.15, -0.1) is 12.4 Å². The average molecular weight is 363 g/mol. The molecule has 2 heterocycles. The lowest BCUT2D eigenvalue weighted by molar-refractivity contribution is -0.131. The third-order valence-corrected chi connectivity index (χ3v) is 6.36. The zero-order valence-electron chi connectivity index (χ0n) is 15.4. The van der Waals surface area contributed by atoms with Crippen molar-refractivity contribution < 1.29 is 4.79 Å². The first-order valence-electron chi connectivity index (χ1n) is 9.83. The number of amides is 1. The molecule has 1 aliphatic carbocycles. The maximum Gasteiger partial charge on any atom is 0.227 e. The van der Waals surface area contributed by atoms with Gasteiger partial charge in [0.05, 0.1) is 12.0 Å². The van der Waals surface area contributed by atoms with Gasteiger partial charge < -0.3 is 9.80 Å². The molecular formula is C21H31ClN2O. The average Bonchev–Trinajstić information content (AvgIpc) is 2.91. The van der Waals surface area contributed by atoms with E-state index in [9.17, 15) is 4.79 Å². The molecule has 0 aromatic heterocycles. The first-order valence-corrected chi connectivity index (χ1v) is 9.83. The molecule has 25 heavy (non-hydrogen) atoms. The largest absolute Gasteiger partial charge is 0.338 e. The quantitative estimate of drug-likeness (QED) is 0.811. The number of piperidine rings is 1. The lowest BCUT2D eigenvalue weighted by Crippen LogP contribution is -2.36. The molecule has 2 atom stereocenters. The van der Waals surface area contributed by atoms with Gasteiger partial charge in [0.15, 0.2) is 0 Å². The Kier molecular flexibility index (Phi) is 6.06. The summed E-state index contributed by atoms with van der Waals surface area (Å²) in [6.07, 6.45) is 10.0. The van der Waals surface area contributed by atoms with Gasteiger partial charge in [-0.25, -0.2) is 0 Å². The molecule has 0 radical (unpaired) electrons. The number of carbonyl (C=O) groups excluding carboxylic acids is 1. The first kappa shape index (κ1) is 18.7. The van der Waals surface area contributed by atoms with Crippen LogP contribution in [0, 0.1) is 5.92 Å². The maximum absolute atomic E-state index is 12.8. The van der Waals surface area contributed by atoms with Crippen LogP contribution in [-0.2, 0) is 17.6 Å². The fourth-order valence-corrected chi connectivity index (χ4v) is 4.90. The molecular weight excluding hydrogens is 332 g/mol. The first-order chi connectivity index (χ1) is 11.7. The number of fused-ring (bicyclic) bond motifs is 1. The fourth-order valence-electron chi connectivity index (χ4n) is 4.90. The number of halogens is 1. The number of aryl methyl sites for hydroxylation is 2. The second-order valence-electron chi connectivity index (χ2n) is 7.99.